The fraction of sp³-hybridized carbons (Fsp3) is 0.441. The second kappa shape index (κ2) is 12.6. The van der Waals surface area contributed by atoms with Crippen LogP contribution < -0.4 is 9.46 Å². The molecule has 6 rings (SSSR count). The average Bonchev–Trinajstić information content (AvgIpc) is 3.22. The molecule has 0 atom stereocenters. The highest BCUT2D eigenvalue weighted by molar-refractivity contribution is 7.87. The number of hydrogen-bond donors (Lipinski definition) is 1. The summed E-state index contributed by atoms with van der Waals surface area (Å²) in [6.07, 6.45) is 8.34. The van der Waals surface area contributed by atoms with E-state index >= 15 is 0 Å². The van der Waals surface area contributed by atoms with E-state index in [4.69, 9.17) is 4.74 Å². The number of methoxy groups -OCH3 is 1. The van der Waals surface area contributed by atoms with E-state index in [-0.39, 0.29) is 36.4 Å². The molecule has 12 heteroatoms. The summed E-state index contributed by atoms with van der Waals surface area (Å²) < 4.78 is 35.7. The van der Waals surface area contributed by atoms with Crippen molar-refractivity contribution in [3.8, 4) is 17.0 Å². The predicted molar refractivity (Wildman–Crippen MR) is 177 cm³/mol. The fourth-order valence-electron chi connectivity index (χ4n) is 6.77. The van der Waals surface area contributed by atoms with Crippen molar-refractivity contribution in [1.82, 2.24) is 23.4 Å². The molecule has 1 N–H and O–H groups in total. The molecule has 3 amide bonds. The molecule has 11 nitrogen and oxygen atoms in total. The smallest absolute Gasteiger partial charge is 0.303 e. The van der Waals surface area contributed by atoms with Crippen LogP contribution >= 0.6 is 0 Å². The van der Waals surface area contributed by atoms with Gasteiger partial charge in [0.25, 0.3) is 11.8 Å². The Morgan fingerprint density at radius 2 is 1.72 bits per heavy atom. The third kappa shape index (κ3) is 5.91. The number of fused-ring (bicyclic) bond motifs is 5. The van der Waals surface area contributed by atoms with Crippen LogP contribution in [0.4, 0.5) is 0 Å². The number of carbonyl (C=O) groups excluding carboxylic acids is 3. The summed E-state index contributed by atoms with van der Waals surface area (Å²) in [5, 5.41) is 0.977. The predicted octanol–water partition coefficient (Wildman–Crippen LogP) is 3.99. The monoisotopic (exact) mass is 647 g/mol. The first-order chi connectivity index (χ1) is 22.0. The molecule has 3 heterocycles. The van der Waals surface area contributed by atoms with Gasteiger partial charge in [0.15, 0.2) is 0 Å². The molecule has 1 aromatic heterocycles. The van der Waals surface area contributed by atoms with Gasteiger partial charge >= 0.3 is 10.2 Å². The van der Waals surface area contributed by atoms with Crippen molar-refractivity contribution in [2.45, 2.75) is 51.0 Å². The van der Waals surface area contributed by atoms with E-state index in [9.17, 15) is 22.8 Å². The minimum absolute atomic E-state index is 0.0155. The minimum Gasteiger partial charge on any atom is -0.497 e. The lowest BCUT2D eigenvalue weighted by Crippen LogP contribution is -2.47. The minimum atomic E-state index is -4.00. The number of likely N-dealkylation sites (N-methyl/N-ethyl adjacent to an activating group) is 1. The third-order valence-electron chi connectivity index (χ3n) is 9.46. The SMILES string of the molecule is COc1ccc2c(c1)C=C(C(=O)N(C)CC(=O)N1CCC1)Cn1c-2c(C2CCCCC2)c2ccc(C(=O)NS(=O)(=O)N(C)C)cc21. The summed E-state index contributed by atoms with van der Waals surface area (Å²) in [6.45, 7) is 1.62. The largest absolute Gasteiger partial charge is 0.497 e. The Kier molecular flexibility index (Phi) is 8.68. The quantitative estimate of drug-likeness (QED) is 0.395. The zero-order valence-electron chi connectivity index (χ0n) is 26.8. The molecule has 1 saturated heterocycles. The van der Waals surface area contributed by atoms with Crippen molar-refractivity contribution in [1.29, 1.82) is 0 Å². The van der Waals surface area contributed by atoms with Crippen LogP contribution in [0, 0.1) is 0 Å². The van der Waals surface area contributed by atoms with Crippen molar-refractivity contribution in [3.63, 3.8) is 0 Å². The lowest BCUT2D eigenvalue weighted by molar-refractivity contribution is -0.140. The maximum Gasteiger partial charge on any atom is 0.303 e. The van der Waals surface area contributed by atoms with Crippen molar-refractivity contribution in [2.75, 3.05) is 47.9 Å². The highest BCUT2D eigenvalue weighted by Crippen LogP contribution is 2.47. The molecule has 3 aliphatic rings. The molecular weight excluding hydrogens is 606 g/mol. The molecule has 0 radical (unpaired) electrons. The Morgan fingerprint density at radius 3 is 2.37 bits per heavy atom. The van der Waals surface area contributed by atoms with E-state index in [1.807, 2.05) is 30.3 Å². The van der Waals surface area contributed by atoms with Gasteiger partial charge in [-0.15, -0.1) is 0 Å². The average molecular weight is 648 g/mol. The van der Waals surface area contributed by atoms with E-state index in [0.29, 0.717) is 24.4 Å². The van der Waals surface area contributed by atoms with Gasteiger partial charge in [0, 0.05) is 61.8 Å². The van der Waals surface area contributed by atoms with Crippen molar-refractivity contribution < 1.29 is 27.5 Å². The Bertz CT molecular complexity index is 1850. The molecule has 2 aliphatic heterocycles. The Labute approximate surface area is 270 Å². The number of ether oxygens (including phenoxy) is 1. The number of likely N-dealkylation sites (tertiary alicyclic amines) is 1. The number of nitrogens with zero attached hydrogens (tertiary/aromatic N) is 4. The standard InChI is InChI=1S/C34H41N5O6S/c1-36(2)46(43,44)35-33(41)23-11-13-28-29(19-23)39-20-25(34(42)37(3)21-30(40)38-15-8-16-38)17-24-18-26(45-4)12-14-27(24)32(39)31(28)22-9-6-5-7-10-22/h11-14,17-19,22H,5-10,15-16,20-21H2,1-4H3,(H,35,41). The van der Waals surface area contributed by atoms with E-state index < -0.39 is 16.1 Å². The van der Waals surface area contributed by atoms with Gasteiger partial charge in [-0.3, -0.25) is 14.4 Å². The lowest BCUT2D eigenvalue weighted by Gasteiger charge is -2.32. The van der Waals surface area contributed by atoms with Gasteiger partial charge in [-0.1, -0.05) is 25.3 Å². The van der Waals surface area contributed by atoms with E-state index in [1.165, 1.54) is 31.0 Å². The van der Waals surface area contributed by atoms with Crippen LogP contribution in [0.25, 0.3) is 28.2 Å². The normalized spacial score (nSPS) is 16.6. The lowest BCUT2D eigenvalue weighted by atomic mass is 9.81. The highest BCUT2D eigenvalue weighted by atomic mass is 32.2. The number of rotatable bonds is 8. The number of nitrogens with one attached hydrogen (secondary N) is 1. The summed E-state index contributed by atoms with van der Waals surface area (Å²) in [5.41, 5.74) is 5.37. The van der Waals surface area contributed by atoms with Gasteiger partial charge < -0.3 is 19.1 Å². The van der Waals surface area contributed by atoms with Crippen molar-refractivity contribution in [2.24, 2.45) is 0 Å². The summed E-state index contributed by atoms with van der Waals surface area (Å²) in [5.74, 6) is -0.130. The van der Waals surface area contributed by atoms with E-state index in [1.54, 1.807) is 31.2 Å². The van der Waals surface area contributed by atoms with Crippen LogP contribution in [-0.4, -0.2) is 92.7 Å². The van der Waals surface area contributed by atoms with Crippen molar-refractivity contribution in [3.05, 3.63) is 58.7 Å². The molecule has 0 spiro atoms. The second-order valence-corrected chi connectivity index (χ2v) is 14.5. The summed E-state index contributed by atoms with van der Waals surface area (Å²) in [7, 11) is 1.97. The second-order valence-electron chi connectivity index (χ2n) is 12.7. The van der Waals surface area contributed by atoms with Gasteiger partial charge in [-0.25, -0.2) is 4.72 Å². The topological polar surface area (TPSA) is 121 Å². The summed E-state index contributed by atoms with van der Waals surface area (Å²) in [6, 6.07) is 11.2. The molecular formula is C34H41N5O6S. The number of aromatic nitrogens is 1. The van der Waals surface area contributed by atoms with E-state index in [0.717, 1.165) is 64.1 Å². The molecule has 3 aromatic rings. The molecule has 1 aliphatic carbocycles. The van der Waals surface area contributed by atoms with Crippen molar-refractivity contribution >= 4 is 44.9 Å². The maximum atomic E-state index is 14.0. The van der Waals surface area contributed by atoms with Gasteiger partial charge in [0.1, 0.15) is 5.75 Å². The van der Waals surface area contributed by atoms with E-state index in [2.05, 4.69) is 9.29 Å². The Morgan fingerprint density at radius 1 is 0.978 bits per heavy atom. The van der Waals surface area contributed by atoms with Crippen LogP contribution in [0.5, 0.6) is 5.75 Å². The maximum absolute atomic E-state index is 14.0. The zero-order chi connectivity index (χ0) is 32.7. The number of carbonyl (C=O) groups is 3. The summed E-state index contributed by atoms with van der Waals surface area (Å²) >= 11 is 0. The molecule has 0 unspecified atom stereocenters. The number of hydrogen-bond acceptors (Lipinski definition) is 6. The van der Waals surface area contributed by atoms with Crippen LogP contribution in [-0.2, 0) is 26.3 Å². The van der Waals surface area contributed by atoms with Gasteiger partial charge in [0.2, 0.25) is 5.91 Å². The van der Waals surface area contributed by atoms with Gasteiger partial charge in [0.05, 0.1) is 25.9 Å². The fourth-order valence-corrected chi connectivity index (χ4v) is 7.30. The van der Waals surface area contributed by atoms with Gasteiger partial charge in [-0.2, -0.15) is 12.7 Å². The Hall–Kier alpha value is -4.16. The van der Waals surface area contributed by atoms with Crippen LogP contribution in [0.2, 0.25) is 0 Å². The number of amides is 3. The first kappa shape index (κ1) is 31.8. The molecule has 46 heavy (non-hydrogen) atoms. The Balaban J connectivity index is 1.51. The zero-order valence-corrected chi connectivity index (χ0v) is 27.7. The third-order valence-corrected chi connectivity index (χ3v) is 10.9. The number of benzene rings is 2. The van der Waals surface area contributed by atoms with Crippen LogP contribution in [0.1, 0.15) is 65.9 Å². The van der Waals surface area contributed by atoms with Crippen LogP contribution in [0.15, 0.2) is 42.0 Å². The molecule has 0 bridgehead atoms. The summed E-state index contributed by atoms with van der Waals surface area (Å²) in [4.78, 5) is 43.3. The first-order valence-corrected chi connectivity index (χ1v) is 17.3. The van der Waals surface area contributed by atoms with Crippen LogP contribution in [0.3, 0.4) is 0 Å². The molecule has 2 aromatic carbocycles. The molecule has 244 valence electrons. The highest BCUT2D eigenvalue weighted by Gasteiger charge is 2.32. The molecule has 1 saturated carbocycles. The molecule has 2 fully saturated rings. The first-order valence-electron chi connectivity index (χ1n) is 15.8. The van der Waals surface area contributed by atoms with Gasteiger partial charge in [-0.05, 0) is 72.7 Å².